The molecule has 0 aliphatic rings. The third-order valence-electron chi connectivity index (χ3n) is 4.32. The number of para-hydroxylation sites is 1. The summed E-state index contributed by atoms with van der Waals surface area (Å²) in [5, 5.41) is 13.2. The van der Waals surface area contributed by atoms with E-state index in [0.29, 0.717) is 21.6 Å². The molecule has 0 aliphatic carbocycles. The normalized spacial score (nSPS) is 12.2. The van der Waals surface area contributed by atoms with Crippen molar-refractivity contribution in [3.05, 3.63) is 59.6 Å². The summed E-state index contributed by atoms with van der Waals surface area (Å²) in [6, 6.07) is 17.1. The number of benzene rings is 2. The van der Waals surface area contributed by atoms with E-state index in [2.05, 4.69) is 15.5 Å². The Morgan fingerprint density at radius 3 is 2.79 bits per heavy atom. The molecule has 142 valence electrons. The molecule has 0 radical (unpaired) electrons. The molecule has 8 heteroatoms. The highest BCUT2D eigenvalue weighted by molar-refractivity contribution is 8.00. The Morgan fingerprint density at radius 1 is 1.18 bits per heavy atom. The Kier molecular flexibility index (Phi) is 5.11. The number of hydrogen-bond acceptors (Lipinski definition) is 5. The van der Waals surface area contributed by atoms with Gasteiger partial charge in [0.25, 0.3) is 0 Å². The van der Waals surface area contributed by atoms with E-state index >= 15 is 0 Å². The zero-order chi connectivity index (χ0) is 19.7. The van der Waals surface area contributed by atoms with Gasteiger partial charge in [0, 0.05) is 5.69 Å². The summed E-state index contributed by atoms with van der Waals surface area (Å²) in [5.41, 5.74) is 2.36. The number of hydrogen-bond donors (Lipinski definition) is 1. The van der Waals surface area contributed by atoms with Gasteiger partial charge < -0.3 is 10.1 Å². The molecular formula is C20H17ClN4O2S. The van der Waals surface area contributed by atoms with Crippen LogP contribution in [0.15, 0.2) is 59.8 Å². The van der Waals surface area contributed by atoms with Crippen LogP contribution in [0.5, 0.6) is 5.75 Å². The van der Waals surface area contributed by atoms with Crippen molar-refractivity contribution in [1.82, 2.24) is 14.6 Å². The number of nitrogens with zero attached hydrogens (tertiary/aromatic N) is 3. The highest BCUT2D eigenvalue weighted by atomic mass is 35.5. The first-order valence-corrected chi connectivity index (χ1v) is 9.86. The van der Waals surface area contributed by atoms with E-state index in [4.69, 9.17) is 16.3 Å². The Morgan fingerprint density at radius 2 is 2.00 bits per heavy atom. The van der Waals surface area contributed by atoms with Crippen molar-refractivity contribution >= 4 is 51.5 Å². The SMILES string of the molecule is COc1ccc(NC(=O)[C@@H](C)Sc2nnc3ccc4ccccc4n23)cc1Cl. The Labute approximate surface area is 170 Å². The van der Waals surface area contributed by atoms with Crippen molar-refractivity contribution < 1.29 is 9.53 Å². The lowest BCUT2D eigenvalue weighted by Crippen LogP contribution is -2.22. The molecule has 1 N–H and O–H groups in total. The minimum absolute atomic E-state index is 0.150. The molecule has 0 saturated heterocycles. The van der Waals surface area contributed by atoms with Gasteiger partial charge in [-0.05, 0) is 48.7 Å². The van der Waals surface area contributed by atoms with Crippen LogP contribution in [-0.2, 0) is 4.79 Å². The molecule has 2 aromatic heterocycles. The van der Waals surface area contributed by atoms with E-state index in [1.165, 1.54) is 11.8 Å². The average Bonchev–Trinajstić information content (AvgIpc) is 3.11. The quantitative estimate of drug-likeness (QED) is 0.482. The number of nitrogens with one attached hydrogen (secondary N) is 1. The lowest BCUT2D eigenvalue weighted by molar-refractivity contribution is -0.115. The molecule has 4 aromatic rings. The molecule has 1 amide bonds. The zero-order valence-electron chi connectivity index (χ0n) is 15.2. The third-order valence-corrected chi connectivity index (χ3v) is 5.66. The van der Waals surface area contributed by atoms with E-state index in [1.807, 2.05) is 47.7 Å². The van der Waals surface area contributed by atoms with Crippen molar-refractivity contribution in [3.8, 4) is 5.75 Å². The number of thioether (sulfide) groups is 1. The number of rotatable bonds is 5. The molecule has 0 unspecified atom stereocenters. The van der Waals surface area contributed by atoms with Gasteiger partial charge in [-0.15, -0.1) is 10.2 Å². The molecule has 2 heterocycles. The molecule has 0 aliphatic heterocycles. The van der Waals surface area contributed by atoms with Crippen molar-refractivity contribution in [3.63, 3.8) is 0 Å². The van der Waals surface area contributed by atoms with Gasteiger partial charge in [-0.2, -0.15) is 0 Å². The molecule has 1 atom stereocenters. The fourth-order valence-electron chi connectivity index (χ4n) is 2.89. The maximum Gasteiger partial charge on any atom is 0.237 e. The number of methoxy groups -OCH3 is 1. The van der Waals surface area contributed by atoms with Crippen LogP contribution in [0.25, 0.3) is 16.6 Å². The Balaban J connectivity index is 1.56. The maximum atomic E-state index is 12.6. The maximum absolute atomic E-state index is 12.6. The molecule has 4 rings (SSSR count). The summed E-state index contributed by atoms with van der Waals surface area (Å²) in [7, 11) is 1.55. The van der Waals surface area contributed by atoms with Crippen LogP contribution in [0.4, 0.5) is 5.69 Å². The summed E-state index contributed by atoms with van der Waals surface area (Å²) >= 11 is 7.48. The first-order valence-electron chi connectivity index (χ1n) is 8.61. The molecule has 0 fully saturated rings. The first-order chi connectivity index (χ1) is 13.6. The highest BCUT2D eigenvalue weighted by Gasteiger charge is 2.19. The number of fused-ring (bicyclic) bond motifs is 3. The summed E-state index contributed by atoms with van der Waals surface area (Å²) < 4.78 is 7.10. The largest absolute Gasteiger partial charge is 0.495 e. The monoisotopic (exact) mass is 412 g/mol. The van der Waals surface area contributed by atoms with E-state index in [0.717, 1.165) is 16.6 Å². The van der Waals surface area contributed by atoms with Crippen molar-refractivity contribution in [2.24, 2.45) is 0 Å². The number of ether oxygens (including phenoxy) is 1. The van der Waals surface area contributed by atoms with E-state index < -0.39 is 0 Å². The predicted octanol–water partition coefficient (Wildman–Crippen LogP) is 4.66. The summed E-state index contributed by atoms with van der Waals surface area (Å²) in [6.07, 6.45) is 0. The van der Waals surface area contributed by atoms with Gasteiger partial charge >= 0.3 is 0 Å². The second kappa shape index (κ2) is 7.69. The topological polar surface area (TPSA) is 68.5 Å². The van der Waals surface area contributed by atoms with Crippen LogP contribution >= 0.6 is 23.4 Å². The Bertz CT molecular complexity index is 1180. The minimum atomic E-state index is -0.382. The predicted molar refractivity (Wildman–Crippen MR) is 112 cm³/mol. The van der Waals surface area contributed by atoms with E-state index in [9.17, 15) is 4.79 Å². The molecule has 28 heavy (non-hydrogen) atoms. The molecule has 6 nitrogen and oxygen atoms in total. The van der Waals surface area contributed by atoms with E-state index in [-0.39, 0.29) is 11.2 Å². The van der Waals surface area contributed by atoms with Gasteiger partial charge in [-0.3, -0.25) is 9.20 Å². The molecule has 2 aromatic carbocycles. The molecule has 0 bridgehead atoms. The van der Waals surface area contributed by atoms with Gasteiger partial charge in [-0.25, -0.2) is 0 Å². The van der Waals surface area contributed by atoms with Crippen LogP contribution in [-0.4, -0.2) is 32.9 Å². The number of amides is 1. The van der Waals surface area contributed by atoms with Gasteiger partial charge in [0.2, 0.25) is 5.91 Å². The number of carbonyl (C=O) groups excluding carboxylic acids is 1. The van der Waals surface area contributed by atoms with Crippen molar-refractivity contribution in [2.45, 2.75) is 17.3 Å². The number of pyridine rings is 1. The van der Waals surface area contributed by atoms with Gasteiger partial charge in [-0.1, -0.05) is 41.6 Å². The number of carbonyl (C=O) groups is 1. The lowest BCUT2D eigenvalue weighted by atomic mass is 10.2. The summed E-state index contributed by atoms with van der Waals surface area (Å²) in [6.45, 7) is 1.83. The van der Waals surface area contributed by atoms with Crippen molar-refractivity contribution in [2.75, 3.05) is 12.4 Å². The zero-order valence-corrected chi connectivity index (χ0v) is 16.8. The second-order valence-corrected chi connectivity index (χ2v) is 7.88. The fourth-order valence-corrected chi connectivity index (χ4v) is 4.01. The van der Waals surface area contributed by atoms with Gasteiger partial charge in [0.1, 0.15) is 5.75 Å². The first kappa shape index (κ1) is 18.6. The third kappa shape index (κ3) is 3.50. The van der Waals surface area contributed by atoms with Gasteiger partial charge in [0.15, 0.2) is 10.8 Å². The van der Waals surface area contributed by atoms with E-state index in [1.54, 1.807) is 25.3 Å². The summed E-state index contributed by atoms with van der Waals surface area (Å²) in [4.78, 5) is 12.6. The smallest absolute Gasteiger partial charge is 0.237 e. The van der Waals surface area contributed by atoms with Crippen LogP contribution in [0.2, 0.25) is 5.02 Å². The van der Waals surface area contributed by atoms with Gasteiger partial charge in [0.05, 0.1) is 22.9 Å². The Hall–Kier alpha value is -2.77. The van der Waals surface area contributed by atoms with Crippen molar-refractivity contribution in [1.29, 1.82) is 0 Å². The highest BCUT2D eigenvalue weighted by Crippen LogP contribution is 2.29. The lowest BCUT2D eigenvalue weighted by Gasteiger charge is -2.12. The molecular weight excluding hydrogens is 396 g/mol. The fraction of sp³-hybridized carbons (Fsp3) is 0.150. The summed E-state index contributed by atoms with van der Waals surface area (Å²) in [5.74, 6) is 0.409. The standard InChI is InChI=1S/C20H17ClN4O2S/c1-12(19(26)22-14-8-9-17(27-2)15(21)11-14)28-20-24-23-18-10-7-13-5-3-4-6-16(13)25(18)20/h3-12H,1-2H3,(H,22,26)/t12-/m1/s1. The average molecular weight is 413 g/mol. The van der Waals surface area contributed by atoms with Crippen LogP contribution in [0.3, 0.4) is 0 Å². The number of halogens is 1. The second-order valence-electron chi connectivity index (χ2n) is 6.17. The number of aromatic nitrogens is 3. The molecule has 0 spiro atoms. The minimum Gasteiger partial charge on any atom is -0.495 e. The van der Waals surface area contributed by atoms with Crippen LogP contribution < -0.4 is 10.1 Å². The van der Waals surface area contributed by atoms with Crippen LogP contribution in [0, 0.1) is 0 Å². The van der Waals surface area contributed by atoms with Crippen LogP contribution in [0.1, 0.15) is 6.92 Å². The number of anilines is 1. The molecule has 0 saturated carbocycles.